The predicted octanol–water partition coefficient (Wildman–Crippen LogP) is -0.631. The summed E-state index contributed by atoms with van der Waals surface area (Å²) in [5, 5.41) is 4.09. The van der Waals surface area contributed by atoms with Crippen molar-refractivity contribution in [3.05, 3.63) is 11.8 Å². The molecule has 0 aromatic carbocycles. The zero-order valence-electron chi connectivity index (χ0n) is 9.13. The zero-order chi connectivity index (χ0) is 12.5. The lowest BCUT2D eigenvalue weighted by Crippen LogP contribution is -2.31. The number of likely N-dealkylation sites (tertiary alicyclic amines) is 1. The maximum absolute atomic E-state index is 11.5. The number of sulfonamides is 1. The summed E-state index contributed by atoms with van der Waals surface area (Å²) in [6, 6.07) is 0. The number of carbonyl (C=O) groups is 2. The molecule has 0 aromatic heterocycles. The van der Waals surface area contributed by atoms with Crippen LogP contribution in [0.4, 0.5) is 0 Å². The number of allylic oxidation sites excluding steroid dienone is 2. The molecule has 1 saturated heterocycles. The van der Waals surface area contributed by atoms with Crippen LogP contribution in [0.2, 0.25) is 0 Å². The molecule has 1 aliphatic rings. The van der Waals surface area contributed by atoms with Gasteiger partial charge in [0, 0.05) is 24.7 Å². The maximum Gasteiger partial charge on any atom is 0.228 e. The summed E-state index contributed by atoms with van der Waals surface area (Å²) in [6.45, 7) is 2.97. The van der Waals surface area contributed by atoms with Crippen molar-refractivity contribution in [2.24, 2.45) is 5.14 Å². The highest BCUT2D eigenvalue weighted by Crippen LogP contribution is 2.20. The number of amides is 1. The molecule has 0 aliphatic carbocycles. The zero-order valence-corrected chi connectivity index (χ0v) is 9.95. The van der Waals surface area contributed by atoms with Crippen LogP contribution in [0, 0.1) is 0 Å². The van der Waals surface area contributed by atoms with Gasteiger partial charge in [0.2, 0.25) is 15.9 Å². The SMILES string of the molecule is CC(=O)C=C(C)N1CC(S(N)(=O)=O)CC1=O. The van der Waals surface area contributed by atoms with Crippen molar-refractivity contribution in [2.75, 3.05) is 6.54 Å². The lowest BCUT2D eigenvalue weighted by molar-refractivity contribution is -0.126. The molecule has 1 aliphatic heterocycles. The molecule has 1 atom stereocenters. The third kappa shape index (κ3) is 2.89. The average molecular weight is 246 g/mol. The van der Waals surface area contributed by atoms with Crippen LogP contribution < -0.4 is 5.14 Å². The second kappa shape index (κ2) is 4.34. The van der Waals surface area contributed by atoms with Crippen molar-refractivity contribution < 1.29 is 18.0 Å². The minimum atomic E-state index is -3.71. The molecule has 1 heterocycles. The van der Waals surface area contributed by atoms with Gasteiger partial charge in [-0.3, -0.25) is 9.59 Å². The van der Waals surface area contributed by atoms with Crippen molar-refractivity contribution in [3.63, 3.8) is 0 Å². The van der Waals surface area contributed by atoms with Gasteiger partial charge in [0.25, 0.3) is 0 Å². The Hall–Kier alpha value is -1.21. The number of carbonyl (C=O) groups excluding carboxylic acids is 2. The van der Waals surface area contributed by atoms with Gasteiger partial charge in [0.15, 0.2) is 5.78 Å². The van der Waals surface area contributed by atoms with Crippen LogP contribution >= 0.6 is 0 Å². The van der Waals surface area contributed by atoms with Crippen LogP contribution in [0.3, 0.4) is 0 Å². The molecule has 1 rings (SSSR count). The van der Waals surface area contributed by atoms with E-state index in [0.29, 0.717) is 5.70 Å². The first kappa shape index (κ1) is 12.9. The van der Waals surface area contributed by atoms with E-state index in [4.69, 9.17) is 5.14 Å². The van der Waals surface area contributed by atoms with E-state index in [1.165, 1.54) is 17.9 Å². The Morgan fingerprint density at radius 2 is 2.06 bits per heavy atom. The molecule has 0 aromatic rings. The van der Waals surface area contributed by atoms with Gasteiger partial charge in [-0.2, -0.15) is 0 Å². The van der Waals surface area contributed by atoms with Crippen LogP contribution in [0.25, 0.3) is 0 Å². The van der Waals surface area contributed by atoms with Gasteiger partial charge >= 0.3 is 0 Å². The smallest absolute Gasteiger partial charge is 0.228 e. The van der Waals surface area contributed by atoms with Gasteiger partial charge < -0.3 is 4.90 Å². The van der Waals surface area contributed by atoms with E-state index in [2.05, 4.69) is 0 Å². The fourth-order valence-corrected chi connectivity index (χ4v) is 2.34. The Bertz CT molecular complexity index is 452. The highest BCUT2D eigenvalue weighted by Gasteiger charge is 2.37. The van der Waals surface area contributed by atoms with Crippen molar-refractivity contribution in [1.82, 2.24) is 4.90 Å². The van der Waals surface area contributed by atoms with Gasteiger partial charge in [0.1, 0.15) is 5.25 Å². The second-order valence-corrected chi connectivity index (χ2v) is 5.66. The Labute approximate surface area is 94.1 Å². The minimum absolute atomic E-state index is 0.0211. The molecule has 1 fully saturated rings. The van der Waals surface area contributed by atoms with E-state index >= 15 is 0 Å². The number of hydrogen-bond donors (Lipinski definition) is 1. The summed E-state index contributed by atoms with van der Waals surface area (Å²) in [4.78, 5) is 23.6. The van der Waals surface area contributed by atoms with E-state index in [9.17, 15) is 18.0 Å². The van der Waals surface area contributed by atoms with Crippen LogP contribution in [-0.4, -0.2) is 36.8 Å². The van der Waals surface area contributed by atoms with Gasteiger partial charge in [-0.05, 0) is 13.8 Å². The predicted molar refractivity (Wildman–Crippen MR) is 57.7 cm³/mol. The van der Waals surface area contributed by atoms with Crippen LogP contribution in [0.5, 0.6) is 0 Å². The summed E-state index contributed by atoms with van der Waals surface area (Å²) < 4.78 is 22.2. The first-order valence-electron chi connectivity index (χ1n) is 4.72. The van der Waals surface area contributed by atoms with E-state index in [-0.39, 0.29) is 24.7 Å². The van der Waals surface area contributed by atoms with E-state index < -0.39 is 15.3 Å². The van der Waals surface area contributed by atoms with Crippen molar-refractivity contribution in [2.45, 2.75) is 25.5 Å². The summed E-state index contributed by atoms with van der Waals surface area (Å²) in [5.41, 5.74) is 0.448. The quantitative estimate of drug-likeness (QED) is 0.670. The molecule has 7 heteroatoms. The molecular formula is C9H14N2O4S. The van der Waals surface area contributed by atoms with E-state index in [1.807, 2.05) is 0 Å². The van der Waals surface area contributed by atoms with Crippen LogP contribution in [-0.2, 0) is 19.6 Å². The van der Waals surface area contributed by atoms with E-state index in [0.717, 1.165) is 0 Å². The van der Waals surface area contributed by atoms with Crippen molar-refractivity contribution in [1.29, 1.82) is 0 Å². The molecular weight excluding hydrogens is 232 g/mol. The number of primary sulfonamides is 1. The minimum Gasteiger partial charge on any atom is -0.315 e. The molecule has 16 heavy (non-hydrogen) atoms. The van der Waals surface area contributed by atoms with Gasteiger partial charge in [-0.15, -0.1) is 0 Å². The fraction of sp³-hybridized carbons (Fsp3) is 0.556. The number of hydrogen-bond acceptors (Lipinski definition) is 4. The van der Waals surface area contributed by atoms with Gasteiger partial charge in [0.05, 0.1) is 0 Å². The Balaban J connectivity index is 2.88. The highest BCUT2D eigenvalue weighted by atomic mass is 32.2. The molecule has 0 radical (unpaired) electrons. The first-order chi connectivity index (χ1) is 7.21. The molecule has 1 amide bonds. The molecule has 6 nitrogen and oxygen atoms in total. The molecule has 0 bridgehead atoms. The molecule has 1 unspecified atom stereocenters. The number of nitrogens with zero attached hydrogens (tertiary/aromatic N) is 1. The largest absolute Gasteiger partial charge is 0.315 e. The monoisotopic (exact) mass is 246 g/mol. The van der Waals surface area contributed by atoms with Crippen molar-refractivity contribution in [3.8, 4) is 0 Å². The Morgan fingerprint density at radius 1 is 1.50 bits per heavy atom. The Morgan fingerprint density at radius 3 is 2.44 bits per heavy atom. The molecule has 90 valence electrons. The Kier molecular flexibility index (Phi) is 3.49. The second-order valence-electron chi connectivity index (χ2n) is 3.82. The molecule has 0 spiro atoms. The lowest BCUT2D eigenvalue weighted by atomic mass is 10.3. The normalized spacial score (nSPS) is 22.7. The standard InChI is InChI=1S/C9H14N2O4S/c1-6(3-7(2)12)11-5-8(4-9(11)13)16(10,14)15/h3,8H,4-5H2,1-2H3,(H2,10,14,15). The van der Waals surface area contributed by atoms with Crippen LogP contribution in [0.15, 0.2) is 11.8 Å². The first-order valence-corrected chi connectivity index (χ1v) is 6.33. The van der Waals surface area contributed by atoms with Crippen molar-refractivity contribution >= 4 is 21.7 Å². The maximum atomic E-state index is 11.5. The number of nitrogens with two attached hydrogens (primary N) is 1. The van der Waals surface area contributed by atoms with Gasteiger partial charge in [-0.1, -0.05) is 0 Å². The summed E-state index contributed by atoms with van der Waals surface area (Å²) in [5.74, 6) is -0.515. The highest BCUT2D eigenvalue weighted by molar-refractivity contribution is 7.89. The number of ketones is 1. The van der Waals surface area contributed by atoms with Crippen LogP contribution in [0.1, 0.15) is 20.3 Å². The molecule has 0 saturated carbocycles. The summed E-state index contributed by atoms with van der Waals surface area (Å²) >= 11 is 0. The third-order valence-electron chi connectivity index (χ3n) is 2.39. The van der Waals surface area contributed by atoms with Gasteiger partial charge in [-0.25, -0.2) is 13.6 Å². The molecule has 2 N–H and O–H groups in total. The fourth-order valence-electron chi connectivity index (χ4n) is 1.61. The number of rotatable bonds is 3. The third-order valence-corrected chi connectivity index (χ3v) is 3.64. The average Bonchev–Trinajstić information content (AvgIpc) is 2.44. The summed E-state index contributed by atoms with van der Waals surface area (Å²) in [7, 11) is -3.71. The topological polar surface area (TPSA) is 97.5 Å². The lowest BCUT2D eigenvalue weighted by Gasteiger charge is -2.16. The summed E-state index contributed by atoms with van der Waals surface area (Å²) in [6.07, 6.45) is 1.17. The van der Waals surface area contributed by atoms with E-state index in [1.54, 1.807) is 6.92 Å².